The third-order valence-corrected chi connectivity index (χ3v) is 5.53. The Balaban J connectivity index is 1.77. The summed E-state index contributed by atoms with van der Waals surface area (Å²) >= 11 is 4.35. The number of carbonyl (C=O) groups excluding carboxylic acids is 3. The van der Waals surface area contributed by atoms with Crippen LogP contribution in [0.4, 0.5) is 0 Å². The first-order valence-electron chi connectivity index (χ1n) is 9.68. The zero-order valence-corrected chi connectivity index (χ0v) is 17.9. The molecule has 7 nitrogen and oxygen atoms in total. The summed E-state index contributed by atoms with van der Waals surface area (Å²) in [5.74, 6) is -0.220. The van der Waals surface area contributed by atoms with Gasteiger partial charge in [0.25, 0.3) is 0 Å². The van der Waals surface area contributed by atoms with Gasteiger partial charge in [-0.3, -0.25) is 9.59 Å². The smallest absolute Gasteiger partial charge is 0.340 e. The first kappa shape index (κ1) is 20.1. The Morgan fingerprint density at radius 3 is 1.88 bits per heavy atom. The second kappa shape index (κ2) is 7.13. The highest BCUT2D eigenvalue weighted by Gasteiger charge is 2.53. The second-order valence-electron chi connectivity index (χ2n) is 7.41. The fourth-order valence-corrected chi connectivity index (χ4v) is 4.34. The number of esters is 3. The molecule has 2 aliphatic rings. The van der Waals surface area contributed by atoms with Crippen LogP contribution in [0.1, 0.15) is 40.9 Å². The Hall–Kier alpha value is -3.78. The Morgan fingerprint density at radius 1 is 0.812 bits per heavy atom. The molecule has 0 saturated carbocycles. The van der Waals surface area contributed by atoms with Crippen molar-refractivity contribution in [2.45, 2.75) is 24.3 Å². The van der Waals surface area contributed by atoms with Crippen molar-refractivity contribution in [2.24, 2.45) is 0 Å². The number of benzene rings is 3. The molecular formula is C24H16O7S. The van der Waals surface area contributed by atoms with E-state index in [9.17, 15) is 14.4 Å². The van der Waals surface area contributed by atoms with Crippen molar-refractivity contribution in [1.82, 2.24) is 0 Å². The Bertz CT molecular complexity index is 1260. The fraction of sp³-hybridized carbons (Fsp3) is 0.125. The van der Waals surface area contributed by atoms with Gasteiger partial charge < -0.3 is 18.9 Å². The summed E-state index contributed by atoms with van der Waals surface area (Å²) in [5, 5.41) is 0. The highest BCUT2D eigenvalue weighted by atomic mass is 32.1. The van der Waals surface area contributed by atoms with E-state index in [-0.39, 0.29) is 11.5 Å². The van der Waals surface area contributed by atoms with Gasteiger partial charge in [0.15, 0.2) is 5.60 Å². The molecule has 0 aromatic heterocycles. The van der Waals surface area contributed by atoms with Gasteiger partial charge in [-0.2, -0.15) is 0 Å². The zero-order chi connectivity index (χ0) is 22.6. The minimum absolute atomic E-state index is 0.279. The van der Waals surface area contributed by atoms with Crippen molar-refractivity contribution < 1.29 is 33.3 Å². The van der Waals surface area contributed by atoms with Gasteiger partial charge in [0.05, 0.1) is 5.56 Å². The summed E-state index contributed by atoms with van der Waals surface area (Å²) in [6.07, 6.45) is 0. The maximum Gasteiger partial charge on any atom is 0.340 e. The molecule has 0 saturated heterocycles. The maximum absolute atomic E-state index is 12.9. The number of hydrogen-bond acceptors (Lipinski definition) is 8. The van der Waals surface area contributed by atoms with Crippen LogP contribution in [0.5, 0.6) is 23.0 Å². The van der Waals surface area contributed by atoms with Crippen molar-refractivity contribution in [1.29, 1.82) is 0 Å². The first-order valence-corrected chi connectivity index (χ1v) is 10.1. The van der Waals surface area contributed by atoms with Gasteiger partial charge in [0.2, 0.25) is 0 Å². The van der Waals surface area contributed by atoms with Crippen molar-refractivity contribution in [3.05, 3.63) is 76.9 Å². The largest absolute Gasteiger partial charge is 0.456 e. The van der Waals surface area contributed by atoms with Gasteiger partial charge in [-0.1, -0.05) is 6.07 Å². The summed E-state index contributed by atoms with van der Waals surface area (Å²) in [6, 6.07) is 15.0. The molecule has 8 heteroatoms. The number of carbonyl (C=O) groups is 3. The maximum atomic E-state index is 12.9. The standard InChI is InChI=1S/C24H16O7S/c1-12(25)28-14-3-6-19-21(9-14)30-22-10-15(29-13(2)26)4-7-20(22)24(19)18-8-5-16(32)11-17(18)23(27)31-24/h3-11,32H,1-2H3. The molecule has 5 rings (SSSR count). The van der Waals surface area contributed by atoms with Gasteiger partial charge >= 0.3 is 17.9 Å². The van der Waals surface area contributed by atoms with Crippen molar-refractivity contribution >= 4 is 30.5 Å². The van der Waals surface area contributed by atoms with E-state index in [1.54, 1.807) is 54.6 Å². The number of fused-ring (bicyclic) bond motifs is 6. The molecule has 0 radical (unpaired) electrons. The number of rotatable bonds is 2. The lowest BCUT2D eigenvalue weighted by molar-refractivity contribution is -0.132. The molecule has 0 amide bonds. The highest BCUT2D eigenvalue weighted by Crippen LogP contribution is 2.57. The topological polar surface area (TPSA) is 88.1 Å². The van der Waals surface area contributed by atoms with E-state index in [4.69, 9.17) is 18.9 Å². The SMILES string of the molecule is CC(=O)Oc1ccc2c(c1)Oc1cc(OC(C)=O)ccc1C21OC(=O)c2cc(S)ccc21. The monoisotopic (exact) mass is 448 g/mol. The van der Waals surface area contributed by atoms with Gasteiger partial charge in [0, 0.05) is 47.6 Å². The Labute approximate surface area is 188 Å². The van der Waals surface area contributed by atoms with Crippen LogP contribution in [0.3, 0.4) is 0 Å². The second-order valence-corrected chi connectivity index (χ2v) is 7.92. The van der Waals surface area contributed by atoms with E-state index >= 15 is 0 Å². The molecule has 0 atom stereocenters. The molecule has 0 N–H and O–H groups in total. The molecule has 0 aliphatic carbocycles. The van der Waals surface area contributed by atoms with Crippen LogP contribution in [-0.2, 0) is 19.9 Å². The Kier molecular flexibility index (Phi) is 4.49. The first-order chi connectivity index (χ1) is 15.3. The van der Waals surface area contributed by atoms with Crippen LogP contribution in [0.25, 0.3) is 0 Å². The highest BCUT2D eigenvalue weighted by molar-refractivity contribution is 7.80. The average molecular weight is 448 g/mol. The summed E-state index contributed by atoms with van der Waals surface area (Å²) in [6.45, 7) is 2.60. The Morgan fingerprint density at radius 2 is 1.34 bits per heavy atom. The molecule has 3 aromatic carbocycles. The summed E-state index contributed by atoms with van der Waals surface area (Å²) in [4.78, 5) is 36.4. The van der Waals surface area contributed by atoms with Crippen LogP contribution in [0, 0.1) is 0 Å². The molecule has 0 unspecified atom stereocenters. The minimum Gasteiger partial charge on any atom is -0.456 e. The number of ether oxygens (including phenoxy) is 4. The fourth-order valence-electron chi connectivity index (χ4n) is 4.14. The van der Waals surface area contributed by atoms with E-state index in [1.165, 1.54) is 13.8 Å². The molecule has 32 heavy (non-hydrogen) atoms. The van der Waals surface area contributed by atoms with E-state index in [2.05, 4.69) is 12.6 Å². The quantitative estimate of drug-likeness (QED) is 0.353. The lowest BCUT2D eigenvalue weighted by Gasteiger charge is -2.36. The summed E-state index contributed by atoms with van der Waals surface area (Å²) in [7, 11) is 0. The van der Waals surface area contributed by atoms with E-state index in [1.807, 2.05) is 0 Å². The average Bonchev–Trinajstić information content (AvgIpc) is 2.99. The zero-order valence-electron chi connectivity index (χ0n) is 17.0. The van der Waals surface area contributed by atoms with Crippen molar-refractivity contribution in [3.8, 4) is 23.0 Å². The van der Waals surface area contributed by atoms with Crippen molar-refractivity contribution in [3.63, 3.8) is 0 Å². The lowest BCUT2D eigenvalue weighted by atomic mass is 9.77. The predicted octanol–water partition coefficient (Wildman–Crippen LogP) is 4.39. The van der Waals surface area contributed by atoms with Crippen LogP contribution in [0.15, 0.2) is 59.5 Å². The number of thiol groups is 1. The van der Waals surface area contributed by atoms with E-state index in [0.29, 0.717) is 38.6 Å². The minimum atomic E-state index is -1.29. The number of hydrogen-bond donors (Lipinski definition) is 1. The van der Waals surface area contributed by atoms with Crippen LogP contribution in [-0.4, -0.2) is 17.9 Å². The van der Waals surface area contributed by atoms with Gasteiger partial charge in [0.1, 0.15) is 23.0 Å². The van der Waals surface area contributed by atoms with Crippen LogP contribution in [0.2, 0.25) is 0 Å². The molecule has 1 spiro atoms. The van der Waals surface area contributed by atoms with Crippen LogP contribution >= 0.6 is 12.6 Å². The third-order valence-electron chi connectivity index (χ3n) is 5.26. The van der Waals surface area contributed by atoms with Crippen LogP contribution < -0.4 is 14.2 Å². The molecule has 2 aliphatic heterocycles. The molecule has 2 heterocycles. The van der Waals surface area contributed by atoms with Gasteiger partial charge in [-0.25, -0.2) is 4.79 Å². The summed E-state index contributed by atoms with van der Waals surface area (Å²) < 4.78 is 22.5. The molecule has 3 aromatic rings. The van der Waals surface area contributed by atoms with Crippen molar-refractivity contribution in [2.75, 3.05) is 0 Å². The van der Waals surface area contributed by atoms with E-state index < -0.39 is 23.5 Å². The van der Waals surface area contributed by atoms with Gasteiger partial charge in [-0.05, 0) is 36.4 Å². The predicted molar refractivity (Wildman–Crippen MR) is 115 cm³/mol. The van der Waals surface area contributed by atoms with Gasteiger partial charge in [-0.15, -0.1) is 12.6 Å². The van der Waals surface area contributed by atoms with E-state index in [0.717, 1.165) is 0 Å². The third kappa shape index (κ3) is 3.03. The lowest BCUT2D eigenvalue weighted by Crippen LogP contribution is -2.33. The molecule has 160 valence electrons. The molecular weight excluding hydrogens is 432 g/mol. The molecule has 0 bridgehead atoms. The summed E-state index contributed by atoms with van der Waals surface area (Å²) in [5.41, 5.74) is 0.872. The normalized spacial score (nSPS) is 14.5. The molecule has 0 fully saturated rings.